The molecule has 3 unspecified atom stereocenters. The third-order valence-corrected chi connectivity index (χ3v) is 11.4. The van der Waals surface area contributed by atoms with Crippen molar-refractivity contribution in [2.45, 2.75) is 103 Å². The molecular weight excluding hydrogens is 420 g/mol. The van der Waals surface area contributed by atoms with Crippen molar-refractivity contribution < 1.29 is 30.3 Å². The lowest BCUT2D eigenvalue weighted by Gasteiger charge is -2.63. The van der Waals surface area contributed by atoms with E-state index in [0.29, 0.717) is 19.3 Å². The summed E-state index contributed by atoms with van der Waals surface area (Å²) in [5.74, 6) is -0.777. The first-order chi connectivity index (χ1) is 15.3. The van der Waals surface area contributed by atoms with Crippen LogP contribution in [0.2, 0.25) is 0 Å². The van der Waals surface area contributed by atoms with Gasteiger partial charge < -0.3 is 25.5 Å². The van der Waals surface area contributed by atoms with Crippen LogP contribution < -0.4 is 0 Å². The average molecular weight is 465 g/mol. The van der Waals surface area contributed by atoms with Crippen LogP contribution in [0.5, 0.6) is 0 Å². The van der Waals surface area contributed by atoms with Gasteiger partial charge in [0.15, 0.2) is 0 Å². The Kier molecular flexibility index (Phi) is 5.49. The normalized spacial score (nSPS) is 60.3. The maximum atomic E-state index is 14.2. The van der Waals surface area contributed by atoms with Gasteiger partial charge in [0.2, 0.25) is 0 Å². The molecule has 14 atom stereocenters. The number of hydrogen-bond donors (Lipinski definition) is 5. The van der Waals surface area contributed by atoms with Crippen LogP contribution in [0.1, 0.15) is 73.1 Å². The number of aliphatic hydroxyl groups is 5. The molecule has 5 aliphatic rings. The number of rotatable bonds is 2. The summed E-state index contributed by atoms with van der Waals surface area (Å²) in [6.45, 7) is 10.6. The highest BCUT2D eigenvalue weighted by atomic mass is 16.3. The molecular formula is C27H44O6. The molecule has 0 amide bonds. The molecule has 0 radical (unpaired) electrons. The minimum atomic E-state index is -1.03. The van der Waals surface area contributed by atoms with Crippen LogP contribution in [-0.4, -0.2) is 61.3 Å². The van der Waals surface area contributed by atoms with Crippen molar-refractivity contribution in [3.05, 3.63) is 0 Å². The van der Waals surface area contributed by atoms with Gasteiger partial charge in [-0.2, -0.15) is 0 Å². The van der Waals surface area contributed by atoms with Crippen LogP contribution in [-0.2, 0) is 4.79 Å². The summed E-state index contributed by atoms with van der Waals surface area (Å²) in [7, 11) is 0. The van der Waals surface area contributed by atoms with Gasteiger partial charge in [-0.3, -0.25) is 4.79 Å². The Morgan fingerprint density at radius 3 is 2.24 bits per heavy atom. The Bertz CT molecular complexity index is 814. The standard InChI is InChI=1S/C27H44O6/c1-12(2)9-27(33)10-13(3)19-21(27)24(32)20-18-14(6-7-25(19,20)4)26(5)11-17(29)16(28)8-15(26)22(30)23(18)31/h12-23,28-31,33H,6-11H2,1-5H3/t13-,14?,15-,16+,17+,18?,19+,20+,21-,22-,23?,25-,26-,27-/m1/s1. The van der Waals surface area contributed by atoms with Crippen LogP contribution in [0.15, 0.2) is 0 Å². The fourth-order valence-electron chi connectivity index (χ4n) is 10.5. The lowest BCUT2D eigenvalue weighted by atomic mass is 9.42. The maximum absolute atomic E-state index is 14.2. The molecule has 6 heteroatoms. The Balaban J connectivity index is 1.56. The predicted octanol–water partition coefficient (Wildman–Crippen LogP) is 2.14. The van der Waals surface area contributed by atoms with E-state index in [9.17, 15) is 30.3 Å². The highest BCUT2D eigenvalue weighted by Crippen LogP contribution is 2.71. The van der Waals surface area contributed by atoms with Crippen molar-refractivity contribution in [3.63, 3.8) is 0 Å². The summed E-state index contributed by atoms with van der Waals surface area (Å²) in [5.41, 5.74) is -1.75. The number of carbonyl (C=O) groups is 1. The third-order valence-electron chi connectivity index (χ3n) is 11.4. The molecule has 0 aromatic carbocycles. The van der Waals surface area contributed by atoms with E-state index in [1.54, 1.807) is 0 Å². The molecule has 0 spiro atoms. The molecule has 0 heterocycles. The molecule has 5 aliphatic carbocycles. The van der Waals surface area contributed by atoms with Crippen molar-refractivity contribution in [1.82, 2.24) is 0 Å². The second-order valence-corrected chi connectivity index (χ2v) is 13.7. The van der Waals surface area contributed by atoms with Gasteiger partial charge in [-0.1, -0.05) is 34.6 Å². The van der Waals surface area contributed by atoms with Crippen LogP contribution in [0.3, 0.4) is 0 Å². The van der Waals surface area contributed by atoms with Crippen LogP contribution >= 0.6 is 0 Å². The smallest absolute Gasteiger partial charge is 0.143 e. The lowest BCUT2D eigenvalue weighted by Crippen LogP contribution is -2.66. The van der Waals surface area contributed by atoms with Gasteiger partial charge in [-0.05, 0) is 78.9 Å². The summed E-state index contributed by atoms with van der Waals surface area (Å²) in [6, 6.07) is 0. The molecule has 33 heavy (non-hydrogen) atoms. The van der Waals surface area contributed by atoms with E-state index in [2.05, 4.69) is 34.6 Å². The number of carbonyl (C=O) groups excluding carboxylic acids is 1. The number of ketones is 1. The Hall–Kier alpha value is -0.530. The van der Waals surface area contributed by atoms with Crippen molar-refractivity contribution in [2.24, 2.45) is 58.2 Å². The SMILES string of the molecule is CC(C)C[C@@]1(O)C[C@@H](C)[C@H]2[C@@H]1C(=O)[C@@H]1C3C(O)[C@H](O)[C@H]4C[C@H](O)[C@@H](O)C[C@]4(C)C3CC[C@]21C. The lowest BCUT2D eigenvalue weighted by molar-refractivity contribution is -0.235. The largest absolute Gasteiger partial charge is 0.390 e. The molecule has 0 aromatic rings. The molecule has 6 nitrogen and oxygen atoms in total. The van der Waals surface area contributed by atoms with Crippen molar-refractivity contribution in [3.8, 4) is 0 Å². The molecule has 0 saturated heterocycles. The van der Waals surface area contributed by atoms with Crippen LogP contribution in [0, 0.1) is 58.2 Å². The third kappa shape index (κ3) is 3.06. The van der Waals surface area contributed by atoms with E-state index in [-0.39, 0.29) is 59.0 Å². The van der Waals surface area contributed by atoms with E-state index in [0.717, 1.165) is 12.8 Å². The van der Waals surface area contributed by atoms with E-state index in [4.69, 9.17) is 0 Å². The molecule has 0 bridgehead atoms. The topological polar surface area (TPSA) is 118 Å². The first kappa shape index (κ1) is 24.2. The van der Waals surface area contributed by atoms with Gasteiger partial charge in [0.05, 0.1) is 35.9 Å². The predicted molar refractivity (Wildman–Crippen MR) is 123 cm³/mol. The number of aliphatic hydroxyl groups excluding tert-OH is 4. The zero-order valence-electron chi connectivity index (χ0n) is 20.8. The minimum absolute atomic E-state index is 0.00241. The average Bonchev–Trinajstić information content (AvgIpc) is 3.11. The van der Waals surface area contributed by atoms with Gasteiger partial charge >= 0.3 is 0 Å². The van der Waals surface area contributed by atoms with E-state index >= 15 is 0 Å². The van der Waals surface area contributed by atoms with Gasteiger partial charge in [0.25, 0.3) is 0 Å². The minimum Gasteiger partial charge on any atom is -0.390 e. The van der Waals surface area contributed by atoms with Crippen molar-refractivity contribution in [2.75, 3.05) is 0 Å². The summed E-state index contributed by atoms with van der Waals surface area (Å²) in [4.78, 5) is 14.2. The number of hydrogen-bond acceptors (Lipinski definition) is 6. The first-order valence-corrected chi connectivity index (χ1v) is 13.2. The first-order valence-electron chi connectivity index (χ1n) is 13.2. The van der Waals surface area contributed by atoms with E-state index < -0.39 is 41.3 Å². The van der Waals surface area contributed by atoms with Crippen LogP contribution in [0.4, 0.5) is 0 Å². The van der Waals surface area contributed by atoms with Gasteiger partial charge in [-0.15, -0.1) is 0 Å². The van der Waals surface area contributed by atoms with E-state index in [1.165, 1.54) is 0 Å². The molecule has 0 aromatic heterocycles. The summed E-state index contributed by atoms with van der Waals surface area (Å²) < 4.78 is 0. The fourth-order valence-corrected chi connectivity index (χ4v) is 10.5. The molecule has 5 N–H and O–H groups in total. The summed E-state index contributed by atoms with van der Waals surface area (Å²) in [5, 5.41) is 55.3. The molecule has 0 aliphatic heterocycles. The molecule has 5 rings (SSSR count). The molecule has 5 saturated carbocycles. The highest BCUT2D eigenvalue weighted by Gasteiger charge is 2.74. The highest BCUT2D eigenvalue weighted by molar-refractivity contribution is 5.89. The van der Waals surface area contributed by atoms with Crippen molar-refractivity contribution >= 4 is 5.78 Å². The molecule has 188 valence electrons. The fraction of sp³-hybridized carbons (Fsp3) is 0.963. The summed E-state index contributed by atoms with van der Waals surface area (Å²) >= 11 is 0. The van der Waals surface area contributed by atoms with Crippen LogP contribution in [0.25, 0.3) is 0 Å². The Morgan fingerprint density at radius 2 is 1.61 bits per heavy atom. The van der Waals surface area contributed by atoms with Gasteiger partial charge in [0.1, 0.15) is 5.78 Å². The van der Waals surface area contributed by atoms with Gasteiger partial charge in [-0.25, -0.2) is 0 Å². The number of Topliss-reactive ketones (excluding diaryl/α,β-unsaturated/α-hetero) is 1. The summed E-state index contributed by atoms with van der Waals surface area (Å²) in [6.07, 6.45) is -0.202. The molecule has 5 fully saturated rings. The number of fused-ring (bicyclic) bond motifs is 7. The Labute approximate surface area is 197 Å². The second kappa shape index (κ2) is 7.49. The zero-order chi connectivity index (χ0) is 24.2. The maximum Gasteiger partial charge on any atom is 0.143 e. The van der Waals surface area contributed by atoms with E-state index in [1.807, 2.05) is 0 Å². The van der Waals surface area contributed by atoms with Gasteiger partial charge in [0, 0.05) is 11.8 Å². The zero-order valence-corrected chi connectivity index (χ0v) is 20.8. The quantitative estimate of drug-likeness (QED) is 0.427. The second-order valence-electron chi connectivity index (χ2n) is 13.7. The monoisotopic (exact) mass is 464 g/mol. The van der Waals surface area contributed by atoms with Crippen molar-refractivity contribution in [1.29, 1.82) is 0 Å². The Morgan fingerprint density at radius 1 is 0.939 bits per heavy atom.